The highest BCUT2D eigenvalue weighted by atomic mass is 35.5. The van der Waals surface area contributed by atoms with Crippen molar-refractivity contribution in [1.82, 2.24) is 9.97 Å². The number of nitrogens with zero attached hydrogens (tertiary/aromatic N) is 3. The summed E-state index contributed by atoms with van der Waals surface area (Å²) < 4.78 is 0. The summed E-state index contributed by atoms with van der Waals surface area (Å²) >= 11 is 7.05. The van der Waals surface area contributed by atoms with Gasteiger partial charge in [-0.3, -0.25) is 14.9 Å². The number of amides is 1. The fourth-order valence-corrected chi connectivity index (χ4v) is 3.38. The quantitative estimate of drug-likeness (QED) is 0.304. The van der Waals surface area contributed by atoms with E-state index in [1.807, 2.05) is 24.3 Å². The highest BCUT2D eigenvalue weighted by Crippen LogP contribution is 2.28. The molecule has 0 saturated carbocycles. The van der Waals surface area contributed by atoms with Crippen LogP contribution in [0.1, 0.15) is 5.82 Å². The van der Waals surface area contributed by atoms with Gasteiger partial charge in [-0.05, 0) is 25.1 Å². The third-order valence-electron chi connectivity index (χ3n) is 3.45. The van der Waals surface area contributed by atoms with Crippen LogP contribution in [-0.4, -0.2) is 26.6 Å². The molecule has 0 atom stereocenters. The molecule has 1 amide bonds. The third kappa shape index (κ3) is 4.09. The van der Waals surface area contributed by atoms with Crippen molar-refractivity contribution in [3.05, 3.63) is 63.4 Å². The molecule has 0 aliphatic heterocycles. The maximum atomic E-state index is 12.2. The minimum Gasteiger partial charge on any atom is -0.325 e. The van der Waals surface area contributed by atoms with Gasteiger partial charge in [0.2, 0.25) is 5.91 Å². The van der Waals surface area contributed by atoms with Crippen molar-refractivity contribution in [2.45, 2.75) is 11.9 Å². The molecule has 1 heterocycles. The largest absolute Gasteiger partial charge is 0.325 e. The molecule has 1 aromatic heterocycles. The Morgan fingerprint density at radius 1 is 1.27 bits per heavy atom. The minimum absolute atomic E-state index is 0.0188. The van der Waals surface area contributed by atoms with Crippen molar-refractivity contribution in [1.29, 1.82) is 0 Å². The first-order valence-corrected chi connectivity index (χ1v) is 8.90. The Morgan fingerprint density at radius 2 is 2.04 bits per heavy atom. The number of rotatable bonds is 5. The average Bonchev–Trinajstić information content (AvgIpc) is 2.61. The molecule has 0 spiro atoms. The second-order valence-corrected chi connectivity index (χ2v) is 6.72. The Kier molecular flexibility index (Phi) is 5.34. The SMILES string of the molecule is Cc1nc(SCC(=O)Nc2ccc(Cl)c([N+](=O)[O-])c2)c2ccccc2n1. The number of thioether (sulfide) groups is 1. The van der Waals surface area contributed by atoms with Gasteiger partial charge in [-0.15, -0.1) is 0 Å². The summed E-state index contributed by atoms with van der Waals surface area (Å²) in [6.07, 6.45) is 0. The minimum atomic E-state index is -0.595. The Hall–Kier alpha value is -2.71. The predicted octanol–water partition coefficient (Wildman–Crippen LogP) is 4.23. The molecule has 3 rings (SSSR count). The summed E-state index contributed by atoms with van der Waals surface area (Å²) in [5.74, 6) is 0.434. The van der Waals surface area contributed by atoms with Gasteiger partial charge in [0.1, 0.15) is 15.9 Å². The number of nitro groups is 1. The number of aryl methyl sites for hydroxylation is 1. The van der Waals surface area contributed by atoms with Crippen LogP contribution in [0, 0.1) is 17.0 Å². The second-order valence-electron chi connectivity index (χ2n) is 5.35. The number of hydrogen-bond donors (Lipinski definition) is 1. The number of hydrogen-bond acceptors (Lipinski definition) is 6. The van der Waals surface area contributed by atoms with Gasteiger partial charge in [0, 0.05) is 17.1 Å². The molecule has 2 aromatic carbocycles. The first kappa shape index (κ1) is 18.1. The number of halogens is 1. The molecule has 1 N–H and O–H groups in total. The Morgan fingerprint density at radius 3 is 2.81 bits per heavy atom. The van der Waals surface area contributed by atoms with Crippen LogP contribution >= 0.6 is 23.4 Å². The highest BCUT2D eigenvalue weighted by Gasteiger charge is 2.14. The van der Waals surface area contributed by atoms with E-state index >= 15 is 0 Å². The zero-order valence-electron chi connectivity index (χ0n) is 13.6. The number of nitrogens with one attached hydrogen (secondary N) is 1. The number of benzene rings is 2. The number of para-hydroxylation sites is 1. The Balaban J connectivity index is 1.72. The maximum absolute atomic E-state index is 12.2. The molecular weight excluding hydrogens is 376 g/mol. The molecule has 9 heteroatoms. The van der Waals surface area contributed by atoms with Crippen molar-refractivity contribution in [3.8, 4) is 0 Å². The lowest BCUT2D eigenvalue weighted by atomic mass is 10.2. The van der Waals surface area contributed by atoms with E-state index in [4.69, 9.17) is 11.6 Å². The number of fused-ring (bicyclic) bond motifs is 1. The number of carbonyl (C=O) groups excluding carboxylic acids is 1. The monoisotopic (exact) mass is 388 g/mol. The van der Waals surface area contributed by atoms with Crippen LogP contribution in [0.15, 0.2) is 47.5 Å². The van der Waals surface area contributed by atoms with Gasteiger partial charge in [0.15, 0.2) is 0 Å². The lowest BCUT2D eigenvalue weighted by Crippen LogP contribution is -2.14. The molecule has 0 fully saturated rings. The topological polar surface area (TPSA) is 98.0 Å². The highest BCUT2D eigenvalue weighted by molar-refractivity contribution is 8.00. The molecular formula is C17H13ClN4O3S. The van der Waals surface area contributed by atoms with Gasteiger partial charge < -0.3 is 5.32 Å². The van der Waals surface area contributed by atoms with E-state index in [9.17, 15) is 14.9 Å². The number of anilines is 1. The first-order chi connectivity index (χ1) is 12.4. The van der Waals surface area contributed by atoms with E-state index < -0.39 is 4.92 Å². The fraction of sp³-hybridized carbons (Fsp3) is 0.118. The van der Waals surface area contributed by atoms with Crippen molar-refractivity contribution in [2.75, 3.05) is 11.1 Å². The zero-order chi connectivity index (χ0) is 18.7. The van der Waals surface area contributed by atoms with E-state index in [1.165, 1.54) is 30.0 Å². The summed E-state index contributed by atoms with van der Waals surface area (Å²) in [4.78, 5) is 31.3. The molecule has 26 heavy (non-hydrogen) atoms. The van der Waals surface area contributed by atoms with Crippen LogP contribution in [0.3, 0.4) is 0 Å². The Bertz CT molecular complexity index is 1010. The van der Waals surface area contributed by atoms with E-state index in [1.54, 1.807) is 6.92 Å². The van der Waals surface area contributed by atoms with E-state index in [2.05, 4.69) is 15.3 Å². The number of aromatic nitrogens is 2. The molecule has 0 saturated heterocycles. The molecule has 0 unspecified atom stereocenters. The summed E-state index contributed by atoms with van der Waals surface area (Å²) in [6.45, 7) is 1.80. The Labute approximate surface area is 157 Å². The van der Waals surface area contributed by atoms with Crippen LogP contribution in [0.5, 0.6) is 0 Å². The normalized spacial score (nSPS) is 10.7. The smallest absolute Gasteiger partial charge is 0.289 e. The molecule has 7 nitrogen and oxygen atoms in total. The van der Waals surface area contributed by atoms with Gasteiger partial charge in [0.05, 0.1) is 16.2 Å². The lowest BCUT2D eigenvalue weighted by Gasteiger charge is -2.08. The molecule has 0 bridgehead atoms. The standard InChI is InChI=1S/C17H13ClN4O3S/c1-10-19-14-5-3-2-4-12(14)17(20-10)26-9-16(23)21-11-6-7-13(18)15(8-11)22(24)25/h2-8H,9H2,1H3,(H,21,23). The van der Waals surface area contributed by atoms with Crippen LogP contribution in [-0.2, 0) is 4.79 Å². The van der Waals surface area contributed by atoms with Gasteiger partial charge in [-0.25, -0.2) is 9.97 Å². The van der Waals surface area contributed by atoms with Crippen LogP contribution in [0.25, 0.3) is 10.9 Å². The number of carbonyl (C=O) groups is 1. The average molecular weight is 389 g/mol. The van der Waals surface area contributed by atoms with Gasteiger partial charge >= 0.3 is 0 Å². The molecule has 0 aliphatic carbocycles. The third-order valence-corrected chi connectivity index (χ3v) is 4.76. The van der Waals surface area contributed by atoms with Gasteiger partial charge in [0.25, 0.3) is 5.69 Å². The fourth-order valence-electron chi connectivity index (χ4n) is 2.33. The molecule has 3 aromatic rings. The van der Waals surface area contributed by atoms with Crippen molar-refractivity contribution in [2.24, 2.45) is 0 Å². The summed E-state index contributed by atoms with van der Waals surface area (Å²) in [7, 11) is 0. The van der Waals surface area contributed by atoms with Crippen molar-refractivity contribution >= 4 is 51.5 Å². The van der Waals surface area contributed by atoms with Gasteiger partial charge in [-0.2, -0.15) is 0 Å². The first-order valence-electron chi connectivity index (χ1n) is 7.54. The molecule has 132 valence electrons. The van der Waals surface area contributed by atoms with Crippen LogP contribution in [0.4, 0.5) is 11.4 Å². The molecule has 0 radical (unpaired) electrons. The van der Waals surface area contributed by atoms with Crippen LogP contribution in [0.2, 0.25) is 5.02 Å². The zero-order valence-corrected chi connectivity index (χ0v) is 15.2. The lowest BCUT2D eigenvalue weighted by molar-refractivity contribution is -0.384. The van der Waals surface area contributed by atoms with Crippen molar-refractivity contribution in [3.63, 3.8) is 0 Å². The van der Waals surface area contributed by atoms with Crippen molar-refractivity contribution < 1.29 is 9.72 Å². The second kappa shape index (κ2) is 7.67. The van der Waals surface area contributed by atoms with Gasteiger partial charge in [-0.1, -0.05) is 41.6 Å². The van der Waals surface area contributed by atoms with E-state index in [-0.39, 0.29) is 22.4 Å². The summed E-state index contributed by atoms with van der Waals surface area (Å²) in [5.41, 5.74) is 0.876. The van der Waals surface area contributed by atoms with E-state index in [0.717, 1.165) is 10.9 Å². The van der Waals surface area contributed by atoms with E-state index in [0.29, 0.717) is 16.5 Å². The maximum Gasteiger partial charge on any atom is 0.289 e. The predicted molar refractivity (Wildman–Crippen MR) is 102 cm³/mol. The molecule has 0 aliphatic rings. The summed E-state index contributed by atoms with van der Waals surface area (Å²) in [5, 5.41) is 15.2. The summed E-state index contributed by atoms with van der Waals surface area (Å²) in [6, 6.07) is 11.7. The van der Waals surface area contributed by atoms with Crippen LogP contribution < -0.4 is 5.32 Å². The number of nitro benzene ring substituents is 1.